The molecular formula is C16H25NO. The number of hydrogen-bond acceptors (Lipinski definition) is 2. The van der Waals surface area contributed by atoms with Crippen LogP contribution in [0.1, 0.15) is 52.1 Å². The maximum absolute atomic E-state index is 5.98. The third-order valence-corrected chi connectivity index (χ3v) is 2.91. The van der Waals surface area contributed by atoms with Crippen LogP contribution in [0.3, 0.4) is 0 Å². The fourth-order valence-electron chi connectivity index (χ4n) is 1.86. The predicted molar refractivity (Wildman–Crippen MR) is 77.0 cm³/mol. The van der Waals surface area contributed by atoms with Crippen LogP contribution in [0.25, 0.3) is 0 Å². The van der Waals surface area contributed by atoms with E-state index >= 15 is 0 Å². The zero-order chi connectivity index (χ0) is 13.4. The number of nitrogens with zero attached hydrogens (tertiary/aromatic N) is 1. The first-order chi connectivity index (χ1) is 8.53. The van der Waals surface area contributed by atoms with E-state index in [1.54, 1.807) is 6.20 Å². The first kappa shape index (κ1) is 14.7. The highest BCUT2D eigenvalue weighted by Crippen LogP contribution is 2.22. The van der Waals surface area contributed by atoms with Gasteiger partial charge < -0.3 is 4.74 Å². The standard InChI is InChI=1S/C16H25NO/c1-5-6-7-8-9-12-16(3,4)18-15-11-10-14(2)17-13-15/h5-6,10-11,13H,7-9,12H2,1-4H3/b6-5+. The molecule has 0 amide bonds. The summed E-state index contributed by atoms with van der Waals surface area (Å²) in [6.45, 7) is 8.33. The number of aromatic nitrogens is 1. The van der Waals surface area contributed by atoms with E-state index in [4.69, 9.17) is 4.74 Å². The molecule has 0 saturated heterocycles. The number of hydrogen-bond donors (Lipinski definition) is 0. The predicted octanol–water partition coefficient (Wildman–Crippen LogP) is 4.68. The number of unbranched alkanes of at least 4 members (excludes halogenated alkanes) is 2. The summed E-state index contributed by atoms with van der Waals surface area (Å²) in [5.41, 5.74) is 0.902. The lowest BCUT2D eigenvalue weighted by Crippen LogP contribution is -2.28. The van der Waals surface area contributed by atoms with Crippen LogP contribution >= 0.6 is 0 Å². The van der Waals surface area contributed by atoms with E-state index in [2.05, 4.69) is 37.9 Å². The van der Waals surface area contributed by atoms with Crippen LogP contribution in [0.15, 0.2) is 30.5 Å². The minimum absolute atomic E-state index is 0.118. The Morgan fingerprint density at radius 1 is 1.28 bits per heavy atom. The van der Waals surface area contributed by atoms with Gasteiger partial charge in [0, 0.05) is 5.69 Å². The van der Waals surface area contributed by atoms with Crippen LogP contribution in [0.5, 0.6) is 5.75 Å². The maximum atomic E-state index is 5.98. The summed E-state index contributed by atoms with van der Waals surface area (Å²) in [5.74, 6) is 0.860. The summed E-state index contributed by atoms with van der Waals surface area (Å²) < 4.78 is 5.98. The number of allylic oxidation sites excluding steroid dienone is 2. The Bertz CT molecular complexity index is 365. The Balaban J connectivity index is 2.36. The summed E-state index contributed by atoms with van der Waals surface area (Å²) in [6.07, 6.45) is 10.8. The normalized spacial score (nSPS) is 12.0. The van der Waals surface area contributed by atoms with Gasteiger partial charge in [0.25, 0.3) is 0 Å². The monoisotopic (exact) mass is 247 g/mol. The van der Waals surface area contributed by atoms with E-state index in [1.165, 1.54) is 19.3 Å². The Morgan fingerprint density at radius 2 is 2.06 bits per heavy atom. The van der Waals surface area contributed by atoms with Gasteiger partial charge in [-0.1, -0.05) is 12.2 Å². The lowest BCUT2D eigenvalue weighted by Gasteiger charge is -2.26. The van der Waals surface area contributed by atoms with Gasteiger partial charge in [-0.2, -0.15) is 0 Å². The zero-order valence-electron chi connectivity index (χ0n) is 12.1. The van der Waals surface area contributed by atoms with Gasteiger partial charge in [-0.25, -0.2) is 0 Å². The number of rotatable bonds is 7. The first-order valence-corrected chi connectivity index (χ1v) is 6.76. The molecule has 1 aromatic heterocycles. The molecule has 2 heteroatoms. The molecule has 1 heterocycles. The zero-order valence-corrected chi connectivity index (χ0v) is 12.1. The van der Waals surface area contributed by atoms with E-state index in [9.17, 15) is 0 Å². The van der Waals surface area contributed by atoms with Crippen molar-refractivity contribution in [3.8, 4) is 5.75 Å². The summed E-state index contributed by atoms with van der Waals surface area (Å²) >= 11 is 0. The van der Waals surface area contributed by atoms with Gasteiger partial charge in [-0.15, -0.1) is 0 Å². The number of aryl methyl sites for hydroxylation is 1. The van der Waals surface area contributed by atoms with Crippen LogP contribution in [-0.2, 0) is 0 Å². The van der Waals surface area contributed by atoms with Gasteiger partial charge in [0.1, 0.15) is 11.4 Å². The highest BCUT2D eigenvalue weighted by molar-refractivity contribution is 5.19. The SMILES string of the molecule is C/C=C/CCCCC(C)(C)Oc1ccc(C)nc1. The van der Waals surface area contributed by atoms with Crippen molar-refractivity contribution in [2.45, 2.75) is 59.0 Å². The highest BCUT2D eigenvalue weighted by atomic mass is 16.5. The first-order valence-electron chi connectivity index (χ1n) is 6.76. The van der Waals surface area contributed by atoms with E-state index < -0.39 is 0 Å². The van der Waals surface area contributed by atoms with Gasteiger partial charge >= 0.3 is 0 Å². The fourth-order valence-corrected chi connectivity index (χ4v) is 1.86. The average Bonchev–Trinajstić information content (AvgIpc) is 2.31. The Morgan fingerprint density at radius 3 is 2.67 bits per heavy atom. The fraction of sp³-hybridized carbons (Fsp3) is 0.562. The lowest BCUT2D eigenvalue weighted by molar-refractivity contribution is 0.0959. The van der Waals surface area contributed by atoms with E-state index in [-0.39, 0.29) is 5.60 Å². The molecule has 0 aliphatic carbocycles. The molecule has 0 unspecified atom stereocenters. The Hall–Kier alpha value is -1.31. The molecule has 0 saturated carbocycles. The molecule has 0 fully saturated rings. The third-order valence-electron chi connectivity index (χ3n) is 2.91. The molecule has 0 aliphatic rings. The molecule has 0 bridgehead atoms. The molecule has 18 heavy (non-hydrogen) atoms. The lowest BCUT2D eigenvalue weighted by atomic mass is 10.00. The summed E-state index contributed by atoms with van der Waals surface area (Å²) in [5, 5.41) is 0. The molecule has 0 N–H and O–H groups in total. The van der Waals surface area contributed by atoms with Gasteiger partial charge in [0.15, 0.2) is 0 Å². The van der Waals surface area contributed by atoms with Gasteiger partial charge in [0.2, 0.25) is 0 Å². The molecule has 0 atom stereocenters. The number of pyridine rings is 1. The maximum Gasteiger partial charge on any atom is 0.138 e. The van der Waals surface area contributed by atoms with Gasteiger partial charge in [0.05, 0.1) is 6.20 Å². The average molecular weight is 247 g/mol. The van der Waals surface area contributed by atoms with Crippen LogP contribution in [-0.4, -0.2) is 10.6 Å². The van der Waals surface area contributed by atoms with E-state index in [0.29, 0.717) is 0 Å². The van der Waals surface area contributed by atoms with Crippen LogP contribution in [0, 0.1) is 6.92 Å². The Labute approximate surface area is 111 Å². The van der Waals surface area contributed by atoms with Crippen molar-refractivity contribution in [2.75, 3.05) is 0 Å². The van der Waals surface area contributed by atoms with Crippen molar-refractivity contribution in [2.24, 2.45) is 0 Å². The van der Waals surface area contributed by atoms with Crippen molar-refractivity contribution in [1.29, 1.82) is 0 Å². The minimum atomic E-state index is -0.118. The van der Waals surface area contributed by atoms with E-state index in [1.807, 2.05) is 19.1 Å². The van der Waals surface area contributed by atoms with Gasteiger partial charge in [-0.3, -0.25) is 4.98 Å². The molecular weight excluding hydrogens is 222 g/mol. The second kappa shape index (κ2) is 7.20. The van der Waals surface area contributed by atoms with E-state index in [0.717, 1.165) is 17.9 Å². The van der Waals surface area contributed by atoms with Gasteiger partial charge in [-0.05, 0) is 65.5 Å². The second-order valence-corrected chi connectivity index (χ2v) is 5.31. The molecule has 0 spiro atoms. The highest BCUT2D eigenvalue weighted by Gasteiger charge is 2.19. The van der Waals surface area contributed by atoms with Crippen molar-refractivity contribution in [3.05, 3.63) is 36.2 Å². The molecule has 0 aromatic carbocycles. The molecule has 0 radical (unpaired) electrons. The molecule has 2 nitrogen and oxygen atoms in total. The van der Waals surface area contributed by atoms with Crippen molar-refractivity contribution >= 4 is 0 Å². The molecule has 1 aromatic rings. The molecule has 100 valence electrons. The minimum Gasteiger partial charge on any atom is -0.486 e. The van der Waals surface area contributed by atoms with Crippen molar-refractivity contribution in [3.63, 3.8) is 0 Å². The molecule has 1 rings (SSSR count). The quantitative estimate of drug-likeness (QED) is 0.515. The second-order valence-electron chi connectivity index (χ2n) is 5.31. The number of ether oxygens (including phenoxy) is 1. The largest absolute Gasteiger partial charge is 0.486 e. The van der Waals surface area contributed by atoms with Crippen molar-refractivity contribution in [1.82, 2.24) is 4.98 Å². The topological polar surface area (TPSA) is 22.1 Å². The third kappa shape index (κ3) is 5.85. The smallest absolute Gasteiger partial charge is 0.138 e. The van der Waals surface area contributed by atoms with Crippen LogP contribution in [0.2, 0.25) is 0 Å². The summed E-state index contributed by atoms with van der Waals surface area (Å²) in [6, 6.07) is 3.97. The summed E-state index contributed by atoms with van der Waals surface area (Å²) in [4.78, 5) is 4.25. The summed E-state index contributed by atoms with van der Waals surface area (Å²) in [7, 11) is 0. The van der Waals surface area contributed by atoms with Crippen molar-refractivity contribution < 1.29 is 4.74 Å². The Kier molecular flexibility index (Phi) is 5.90. The van der Waals surface area contributed by atoms with Crippen LogP contribution in [0.4, 0.5) is 0 Å². The molecule has 0 aliphatic heterocycles. The van der Waals surface area contributed by atoms with Crippen LogP contribution < -0.4 is 4.74 Å².